The van der Waals surface area contributed by atoms with E-state index in [0.717, 1.165) is 5.56 Å². The van der Waals surface area contributed by atoms with Gasteiger partial charge < -0.3 is 9.26 Å². The summed E-state index contributed by atoms with van der Waals surface area (Å²) in [5.41, 5.74) is 1.19. The third-order valence-corrected chi connectivity index (χ3v) is 5.71. The summed E-state index contributed by atoms with van der Waals surface area (Å²) < 4.78 is 36.9. The van der Waals surface area contributed by atoms with E-state index < -0.39 is 15.9 Å². The molecule has 128 valence electrons. The second-order valence-corrected chi connectivity index (χ2v) is 7.47. The van der Waals surface area contributed by atoms with Gasteiger partial charge >= 0.3 is 0 Å². The lowest BCUT2D eigenvalue weighted by Crippen LogP contribution is -2.32. The molecule has 0 radical (unpaired) electrons. The molecule has 1 amide bonds. The summed E-state index contributed by atoms with van der Waals surface area (Å²) in [6.45, 7) is 3.01. The molecule has 0 bridgehead atoms. The molecule has 2 aromatic rings. The number of aromatic nitrogens is 1. The van der Waals surface area contributed by atoms with Crippen LogP contribution in [0, 0.1) is 19.8 Å². The number of rotatable bonds is 5. The number of methoxy groups -OCH3 is 1. The first kappa shape index (κ1) is 16.5. The van der Waals surface area contributed by atoms with E-state index in [1.54, 1.807) is 7.11 Å². The fourth-order valence-electron chi connectivity index (χ4n) is 2.84. The first-order valence-electron chi connectivity index (χ1n) is 7.47. The minimum atomic E-state index is -3.98. The Kier molecular flexibility index (Phi) is 4.08. The Balaban J connectivity index is 1.73. The monoisotopic (exact) mass is 350 g/mol. The molecule has 0 saturated heterocycles. The molecule has 8 heteroatoms. The number of aryl methyl sites for hydroxylation is 2. The Hall–Kier alpha value is -2.35. The Morgan fingerprint density at radius 3 is 2.75 bits per heavy atom. The number of carbonyl (C=O) groups is 1. The van der Waals surface area contributed by atoms with Crippen molar-refractivity contribution < 1.29 is 22.5 Å². The standard InChI is InChI=1S/C16H18N2O5S/c1-9-15(10(2)23-17-9)24(20,21)18-16(19)14-8-13(14)11-5-4-6-12(7-11)22-3/h4-7,13-14H,8H2,1-3H3,(H,18,19)/t13-,14-/m0/s1. The highest BCUT2D eigenvalue weighted by molar-refractivity contribution is 7.90. The molecular formula is C16H18N2O5S. The van der Waals surface area contributed by atoms with Gasteiger partial charge in [0.2, 0.25) is 5.91 Å². The largest absolute Gasteiger partial charge is 0.497 e. The second-order valence-electron chi connectivity index (χ2n) is 5.85. The highest BCUT2D eigenvalue weighted by Gasteiger charge is 2.45. The number of nitrogens with zero attached hydrogens (tertiary/aromatic N) is 1. The highest BCUT2D eigenvalue weighted by atomic mass is 32.2. The van der Waals surface area contributed by atoms with Crippen molar-refractivity contribution >= 4 is 15.9 Å². The zero-order valence-electron chi connectivity index (χ0n) is 13.6. The van der Waals surface area contributed by atoms with E-state index in [1.165, 1.54) is 13.8 Å². The smallest absolute Gasteiger partial charge is 0.269 e. The number of ether oxygens (including phenoxy) is 1. The lowest BCUT2D eigenvalue weighted by atomic mass is 10.1. The molecule has 1 aromatic carbocycles. The van der Waals surface area contributed by atoms with E-state index in [1.807, 2.05) is 24.3 Å². The maximum absolute atomic E-state index is 12.4. The predicted molar refractivity (Wildman–Crippen MR) is 85.1 cm³/mol. The SMILES string of the molecule is COc1cccc([C@@H]2C[C@@H]2C(=O)NS(=O)(=O)c2c(C)noc2C)c1. The number of hydrogen-bond acceptors (Lipinski definition) is 6. The van der Waals surface area contributed by atoms with Crippen molar-refractivity contribution in [3.63, 3.8) is 0 Å². The van der Waals surface area contributed by atoms with Gasteiger partial charge in [0, 0.05) is 5.92 Å². The van der Waals surface area contributed by atoms with E-state index in [4.69, 9.17) is 9.26 Å². The van der Waals surface area contributed by atoms with Crippen molar-refractivity contribution in [1.29, 1.82) is 0 Å². The number of sulfonamides is 1. The van der Waals surface area contributed by atoms with E-state index in [0.29, 0.717) is 12.2 Å². The fraction of sp³-hybridized carbons (Fsp3) is 0.375. The van der Waals surface area contributed by atoms with Crippen LogP contribution in [0.3, 0.4) is 0 Å². The van der Waals surface area contributed by atoms with Gasteiger partial charge in [-0.05, 0) is 43.9 Å². The molecule has 0 spiro atoms. The van der Waals surface area contributed by atoms with Crippen LogP contribution in [-0.2, 0) is 14.8 Å². The summed E-state index contributed by atoms with van der Waals surface area (Å²) in [4.78, 5) is 12.2. The van der Waals surface area contributed by atoms with Crippen LogP contribution in [-0.4, -0.2) is 26.6 Å². The van der Waals surface area contributed by atoms with Gasteiger partial charge in [-0.25, -0.2) is 13.1 Å². The Morgan fingerprint density at radius 1 is 1.38 bits per heavy atom. The van der Waals surface area contributed by atoms with Gasteiger partial charge in [0.15, 0.2) is 10.7 Å². The number of carbonyl (C=O) groups excluding carboxylic acids is 1. The van der Waals surface area contributed by atoms with Crippen LogP contribution >= 0.6 is 0 Å². The highest BCUT2D eigenvalue weighted by Crippen LogP contribution is 2.48. The quantitative estimate of drug-likeness (QED) is 0.884. The molecule has 3 rings (SSSR count). The van der Waals surface area contributed by atoms with Crippen LogP contribution in [0.2, 0.25) is 0 Å². The Bertz CT molecular complexity index is 868. The maximum atomic E-state index is 12.4. The summed E-state index contributed by atoms with van der Waals surface area (Å²) in [6.07, 6.45) is 0.607. The molecule has 24 heavy (non-hydrogen) atoms. The molecule has 1 aliphatic carbocycles. The van der Waals surface area contributed by atoms with Crippen molar-refractivity contribution in [2.75, 3.05) is 7.11 Å². The first-order valence-corrected chi connectivity index (χ1v) is 8.95. The number of amides is 1. The Labute approximate surface area is 140 Å². The van der Waals surface area contributed by atoms with Gasteiger partial charge in [0.25, 0.3) is 10.0 Å². The van der Waals surface area contributed by atoms with Crippen LogP contribution in [0.4, 0.5) is 0 Å². The summed E-state index contributed by atoms with van der Waals surface area (Å²) in [6, 6.07) is 7.44. The van der Waals surface area contributed by atoms with E-state index in [-0.39, 0.29) is 28.2 Å². The topological polar surface area (TPSA) is 98.5 Å². The summed E-state index contributed by atoms with van der Waals surface area (Å²) >= 11 is 0. The van der Waals surface area contributed by atoms with Gasteiger partial charge in [-0.3, -0.25) is 4.79 Å². The summed E-state index contributed by atoms with van der Waals surface area (Å²) in [5, 5.41) is 3.61. The minimum absolute atomic E-state index is 0.0000291. The molecule has 7 nitrogen and oxygen atoms in total. The van der Waals surface area contributed by atoms with Crippen molar-refractivity contribution in [2.45, 2.75) is 31.1 Å². The number of nitrogens with one attached hydrogen (secondary N) is 1. The number of hydrogen-bond donors (Lipinski definition) is 1. The van der Waals surface area contributed by atoms with Crippen molar-refractivity contribution in [3.8, 4) is 5.75 Å². The molecular weight excluding hydrogens is 332 g/mol. The fourth-order valence-corrected chi connectivity index (χ4v) is 4.20. The molecule has 0 aliphatic heterocycles. The molecule has 2 atom stereocenters. The zero-order chi connectivity index (χ0) is 17.5. The first-order chi connectivity index (χ1) is 11.3. The summed E-state index contributed by atoms with van der Waals surface area (Å²) in [7, 11) is -2.41. The minimum Gasteiger partial charge on any atom is -0.497 e. The molecule has 1 saturated carbocycles. The van der Waals surface area contributed by atoms with Crippen LogP contribution in [0.15, 0.2) is 33.7 Å². The molecule has 1 fully saturated rings. The van der Waals surface area contributed by atoms with Crippen molar-refractivity contribution in [1.82, 2.24) is 9.88 Å². The average molecular weight is 350 g/mol. The third kappa shape index (κ3) is 3.01. The van der Waals surface area contributed by atoms with E-state index in [2.05, 4.69) is 9.88 Å². The van der Waals surface area contributed by atoms with Gasteiger partial charge in [0.05, 0.1) is 7.11 Å². The van der Waals surface area contributed by atoms with Gasteiger partial charge in [-0.2, -0.15) is 0 Å². The maximum Gasteiger partial charge on any atom is 0.269 e. The molecule has 1 aromatic heterocycles. The molecule has 1 aliphatic rings. The van der Waals surface area contributed by atoms with Crippen LogP contribution in [0.25, 0.3) is 0 Å². The lowest BCUT2D eigenvalue weighted by Gasteiger charge is -2.07. The molecule has 1 heterocycles. The van der Waals surface area contributed by atoms with Crippen LogP contribution in [0.5, 0.6) is 5.75 Å². The lowest BCUT2D eigenvalue weighted by molar-refractivity contribution is -0.120. The van der Waals surface area contributed by atoms with E-state index in [9.17, 15) is 13.2 Å². The normalized spacial score (nSPS) is 19.8. The van der Waals surface area contributed by atoms with Gasteiger partial charge in [-0.15, -0.1) is 0 Å². The Morgan fingerprint density at radius 2 is 2.12 bits per heavy atom. The number of benzene rings is 1. The molecule has 0 unspecified atom stereocenters. The predicted octanol–water partition coefficient (Wildman–Crippen LogP) is 1.91. The zero-order valence-corrected chi connectivity index (χ0v) is 14.4. The van der Waals surface area contributed by atoms with Crippen LogP contribution < -0.4 is 9.46 Å². The second kappa shape index (κ2) is 5.94. The van der Waals surface area contributed by atoms with Crippen LogP contribution in [0.1, 0.15) is 29.4 Å². The van der Waals surface area contributed by atoms with Crippen molar-refractivity contribution in [3.05, 3.63) is 41.3 Å². The van der Waals surface area contributed by atoms with E-state index >= 15 is 0 Å². The average Bonchev–Trinajstić information content (AvgIpc) is 3.26. The van der Waals surface area contributed by atoms with Gasteiger partial charge in [-0.1, -0.05) is 17.3 Å². The molecule has 1 N–H and O–H groups in total. The third-order valence-electron chi connectivity index (χ3n) is 4.12. The van der Waals surface area contributed by atoms with Crippen molar-refractivity contribution in [2.24, 2.45) is 5.92 Å². The van der Waals surface area contributed by atoms with Gasteiger partial charge in [0.1, 0.15) is 11.4 Å². The summed E-state index contributed by atoms with van der Waals surface area (Å²) in [5.74, 6) is -0.00927.